The number of ether oxygens (including phenoxy) is 1. The molecule has 0 fully saturated rings. The molecule has 6 nitrogen and oxygen atoms in total. The lowest BCUT2D eigenvalue weighted by Crippen LogP contribution is -2.32. The third kappa shape index (κ3) is 6.57. The number of hydrogen-bond acceptors (Lipinski definition) is 4. The largest absolute Gasteiger partial charge is 0.489 e. The zero-order chi connectivity index (χ0) is 23.1. The van der Waals surface area contributed by atoms with Gasteiger partial charge in [-0.05, 0) is 79.1 Å². The Bertz CT molecular complexity index is 1140. The fraction of sp³-hybridized carbons (Fsp3) is 0.125. The zero-order valence-corrected chi connectivity index (χ0v) is 19.0. The summed E-state index contributed by atoms with van der Waals surface area (Å²) in [5.74, 6) is -1.03. The van der Waals surface area contributed by atoms with Gasteiger partial charge >= 0.3 is 11.8 Å². The molecule has 0 unspecified atom stereocenters. The first-order valence-electron chi connectivity index (χ1n) is 9.71. The molecule has 0 aliphatic rings. The number of hydrazone groups is 1. The van der Waals surface area contributed by atoms with E-state index in [1.54, 1.807) is 37.3 Å². The SMILES string of the molecule is CC(=NNC(=O)C(=O)Nc1ccc(C)c(Cl)c1)c1ccc(OCc2ccc(Cl)cc2)cc1. The molecule has 2 amide bonds. The minimum absolute atomic E-state index is 0.418. The normalized spacial score (nSPS) is 11.1. The molecular formula is C24H21Cl2N3O3. The van der Waals surface area contributed by atoms with E-state index in [1.165, 1.54) is 0 Å². The first-order valence-corrected chi connectivity index (χ1v) is 10.5. The molecule has 3 rings (SSSR count). The molecule has 0 atom stereocenters. The van der Waals surface area contributed by atoms with E-state index in [1.807, 2.05) is 43.3 Å². The highest BCUT2D eigenvalue weighted by atomic mass is 35.5. The van der Waals surface area contributed by atoms with Crippen LogP contribution >= 0.6 is 23.2 Å². The van der Waals surface area contributed by atoms with Crippen LogP contribution in [-0.2, 0) is 16.2 Å². The summed E-state index contributed by atoms with van der Waals surface area (Å²) in [5, 5.41) is 7.66. The number of aryl methyl sites for hydroxylation is 1. The van der Waals surface area contributed by atoms with Crippen LogP contribution in [-0.4, -0.2) is 17.5 Å². The summed E-state index contributed by atoms with van der Waals surface area (Å²) < 4.78 is 5.75. The molecule has 0 saturated carbocycles. The van der Waals surface area contributed by atoms with Gasteiger partial charge in [0.25, 0.3) is 0 Å². The van der Waals surface area contributed by atoms with Crippen LogP contribution in [0.25, 0.3) is 0 Å². The average Bonchev–Trinajstić information content (AvgIpc) is 2.79. The molecule has 0 bridgehead atoms. The number of rotatable bonds is 6. The highest BCUT2D eigenvalue weighted by molar-refractivity contribution is 6.40. The maximum Gasteiger partial charge on any atom is 0.329 e. The molecule has 3 aromatic rings. The first-order chi connectivity index (χ1) is 15.3. The molecule has 0 aliphatic carbocycles. The minimum Gasteiger partial charge on any atom is -0.489 e. The summed E-state index contributed by atoms with van der Waals surface area (Å²) in [7, 11) is 0. The molecule has 3 aromatic carbocycles. The number of carbonyl (C=O) groups is 2. The Morgan fingerprint density at radius 3 is 2.28 bits per heavy atom. The van der Waals surface area contributed by atoms with Gasteiger partial charge in [0, 0.05) is 15.7 Å². The standard InChI is InChI=1S/C24H21Cl2N3O3/c1-15-3-10-20(13-22(15)26)27-23(30)24(31)29-28-16(2)18-6-11-21(12-7-18)32-14-17-4-8-19(25)9-5-17/h3-13H,14H2,1-2H3,(H,27,30)(H,29,31). The lowest BCUT2D eigenvalue weighted by molar-refractivity contribution is -0.136. The second kappa shape index (κ2) is 10.8. The van der Waals surface area contributed by atoms with Crippen molar-refractivity contribution in [2.24, 2.45) is 5.10 Å². The van der Waals surface area contributed by atoms with Gasteiger partial charge in [0.05, 0.1) is 5.71 Å². The van der Waals surface area contributed by atoms with Gasteiger partial charge in [0.1, 0.15) is 12.4 Å². The van der Waals surface area contributed by atoms with Crippen molar-refractivity contribution in [1.82, 2.24) is 5.43 Å². The topological polar surface area (TPSA) is 79.8 Å². The van der Waals surface area contributed by atoms with Gasteiger partial charge in [-0.2, -0.15) is 5.10 Å². The van der Waals surface area contributed by atoms with Gasteiger partial charge < -0.3 is 10.1 Å². The number of benzene rings is 3. The van der Waals surface area contributed by atoms with Gasteiger partial charge in [0.2, 0.25) is 0 Å². The summed E-state index contributed by atoms with van der Waals surface area (Å²) in [6.07, 6.45) is 0. The summed E-state index contributed by atoms with van der Waals surface area (Å²) >= 11 is 11.9. The highest BCUT2D eigenvalue weighted by Gasteiger charge is 2.14. The Morgan fingerprint density at radius 2 is 1.62 bits per heavy atom. The number of nitrogens with zero attached hydrogens (tertiary/aromatic N) is 1. The summed E-state index contributed by atoms with van der Waals surface area (Å²) in [5.41, 5.74) is 5.87. The van der Waals surface area contributed by atoms with Crippen molar-refractivity contribution < 1.29 is 14.3 Å². The molecule has 0 aliphatic heterocycles. The fourth-order valence-electron chi connectivity index (χ4n) is 2.65. The van der Waals surface area contributed by atoms with Crippen LogP contribution in [0.15, 0.2) is 71.8 Å². The smallest absolute Gasteiger partial charge is 0.329 e. The van der Waals surface area contributed by atoms with E-state index in [4.69, 9.17) is 27.9 Å². The Kier molecular flexibility index (Phi) is 7.87. The molecule has 164 valence electrons. The molecule has 0 aromatic heterocycles. The molecule has 0 saturated heterocycles. The molecule has 2 N–H and O–H groups in total. The van der Waals surface area contributed by atoms with Crippen molar-refractivity contribution in [3.63, 3.8) is 0 Å². The maximum atomic E-state index is 12.1. The van der Waals surface area contributed by atoms with E-state index < -0.39 is 11.8 Å². The molecule has 0 spiro atoms. The van der Waals surface area contributed by atoms with Crippen molar-refractivity contribution in [3.8, 4) is 5.75 Å². The monoisotopic (exact) mass is 469 g/mol. The molecule has 8 heteroatoms. The lowest BCUT2D eigenvalue weighted by atomic mass is 10.1. The Hall–Kier alpha value is -3.35. The second-order valence-electron chi connectivity index (χ2n) is 7.00. The number of halogens is 2. The first kappa shape index (κ1) is 23.3. The Labute approximate surface area is 196 Å². The van der Waals surface area contributed by atoms with Crippen LogP contribution in [0.3, 0.4) is 0 Å². The number of hydrogen-bond donors (Lipinski definition) is 2. The zero-order valence-electron chi connectivity index (χ0n) is 17.5. The summed E-state index contributed by atoms with van der Waals surface area (Å²) in [6.45, 7) is 3.99. The number of anilines is 1. The Morgan fingerprint density at radius 1 is 0.938 bits per heavy atom. The predicted octanol–water partition coefficient (Wildman–Crippen LogP) is 5.36. The summed E-state index contributed by atoms with van der Waals surface area (Å²) in [6, 6.07) is 19.7. The maximum absolute atomic E-state index is 12.1. The van der Waals surface area contributed by atoms with E-state index in [2.05, 4.69) is 15.8 Å². The number of amides is 2. The molecule has 32 heavy (non-hydrogen) atoms. The molecular weight excluding hydrogens is 449 g/mol. The van der Waals surface area contributed by atoms with Crippen LogP contribution in [0, 0.1) is 6.92 Å². The fourth-order valence-corrected chi connectivity index (χ4v) is 2.95. The summed E-state index contributed by atoms with van der Waals surface area (Å²) in [4.78, 5) is 24.1. The van der Waals surface area contributed by atoms with Crippen molar-refractivity contribution in [1.29, 1.82) is 0 Å². The third-order valence-corrected chi connectivity index (χ3v) is 5.21. The number of carbonyl (C=O) groups excluding carboxylic acids is 2. The second-order valence-corrected chi connectivity index (χ2v) is 7.84. The van der Waals surface area contributed by atoms with Crippen LogP contribution in [0.5, 0.6) is 5.75 Å². The van der Waals surface area contributed by atoms with Crippen molar-refractivity contribution in [2.45, 2.75) is 20.5 Å². The van der Waals surface area contributed by atoms with Gasteiger partial charge in [0.15, 0.2) is 0 Å². The lowest BCUT2D eigenvalue weighted by Gasteiger charge is -2.08. The molecule has 0 radical (unpaired) electrons. The molecule has 0 heterocycles. The van der Waals surface area contributed by atoms with E-state index in [-0.39, 0.29) is 0 Å². The van der Waals surface area contributed by atoms with Crippen molar-refractivity contribution >= 4 is 46.4 Å². The van der Waals surface area contributed by atoms with E-state index in [0.717, 1.165) is 16.7 Å². The highest BCUT2D eigenvalue weighted by Crippen LogP contribution is 2.20. The Balaban J connectivity index is 1.53. The van der Waals surface area contributed by atoms with E-state index in [0.29, 0.717) is 33.8 Å². The third-order valence-electron chi connectivity index (χ3n) is 4.55. The van der Waals surface area contributed by atoms with Gasteiger partial charge in [-0.15, -0.1) is 0 Å². The number of nitrogens with one attached hydrogen (secondary N) is 2. The van der Waals surface area contributed by atoms with E-state index >= 15 is 0 Å². The van der Waals surface area contributed by atoms with Crippen LogP contribution < -0.4 is 15.5 Å². The van der Waals surface area contributed by atoms with Gasteiger partial charge in [-0.25, -0.2) is 5.43 Å². The quantitative estimate of drug-likeness (QED) is 0.289. The van der Waals surface area contributed by atoms with E-state index in [9.17, 15) is 9.59 Å². The van der Waals surface area contributed by atoms with Crippen LogP contribution in [0.2, 0.25) is 10.0 Å². The van der Waals surface area contributed by atoms with Gasteiger partial charge in [-0.1, -0.05) is 41.4 Å². The van der Waals surface area contributed by atoms with Crippen LogP contribution in [0.1, 0.15) is 23.6 Å². The average molecular weight is 470 g/mol. The van der Waals surface area contributed by atoms with Crippen molar-refractivity contribution in [3.05, 3.63) is 93.5 Å². The minimum atomic E-state index is -0.885. The van der Waals surface area contributed by atoms with Gasteiger partial charge in [-0.3, -0.25) is 9.59 Å². The van der Waals surface area contributed by atoms with Crippen molar-refractivity contribution in [2.75, 3.05) is 5.32 Å². The predicted molar refractivity (Wildman–Crippen MR) is 127 cm³/mol. The van der Waals surface area contributed by atoms with Crippen LogP contribution in [0.4, 0.5) is 5.69 Å².